The number of benzene rings is 2. The first kappa shape index (κ1) is 29.7. The van der Waals surface area contributed by atoms with Crippen LogP contribution in [-0.2, 0) is 27.5 Å². The molecule has 4 rings (SSSR count). The number of rotatable bonds is 10. The molecule has 0 bridgehead atoms. The number of nitrogens with zero attached hydrogens (tertiary/aromatic N) is 4. The van der Waals surface area contributed by atoms with Crippen molar-refractivity contribution < 1.29 is 14.3 Å². The molecular weight excluding hydrogens is 540 g/mol. The van der Waals surface area contributed by atoms with E-state index < -0.39 is 5.97 Å². The van der Waals surface area contributed by atoms with Crippen molar-refractivity contribution in [3.05, 3.63) is 79.7 Å². The second-order valence-electron chi connectivity index (χ2n) is 9.68. The van der Waals surface area contributed by atoms with Gasteiger partial charge in [-0.2, -0.15) is 5.26 Å². The van der Waals surface area contributed by atoms with Gasteiger partial charge >= 0.3 is 5.97 Å². The van der Waals surface area contributed by atoms with Gasteiger partial charge in [0, 0.05) is 63.3 Å². The molecule has 0 spiro atoms. The minimum Gasteiger partial charge on any atom is -0.457 e. The maximum Gasteiger partial charge on any atom is 0.352 e. The second kappa shape index (κ2) is 14.4. The van der Waals surface area contributed by atoms with Crippen LogP contribution in [0.2, 0.25) is 0 Å². The molecule has 3 aromatic rings. The molecule has 10 nitrogen and oxygen atoms in total. The van der Waals surface area contributed by atoms with Crippen LogP contribution in [0.15, 0.2) is 59.4 Å². The maximum absolute atomic E-state index is 13.0. The number of hydrogen-bond donors (Lipinski definition) is 2. The van der Waals surface area contributed by atoms with Crippen molar-refractivity contribution >= 4 is 46.4 Å². The third-order valence-corrected chi connectivity index (χ3v) is 7.89. The summed E-state index contributed by atoms with van der Waals surface area (Å²) in [4.78, 5) is 42.7. The first-order valence-corrected chi connectivity index (χ1v) is 14.3. The summed E-state index contributed by atoms with van der Waals surface area (Å²) in [7, 11) is 2.11. The summed E-state index contributed by atoms with van der Waals surface area (Å²) in [5.74, 6) is -0.810. The third kappa shape index (κ3) is 8.14. The standard InChI is InChI=1S/C30H34N6O4S/c1-3-36-28(38)26(41-29(36)25(19-31)30(39)40-21-22-7-5-4-6-8-22)20-32-23-9-11-24(12-10-23)33-27(37)13-14-35-17-15-34(2)16-18-35/h4-12,20,32H,3,13-18,21H2,1-2H3,(H,33,37)/b26-20+,29-25-. The predicted molar refractivity (Wildman–Crippen MR) is 160 cm³/mol. The number of nitriles is 1. The lowest BCUT2D eigenvalue weighted by atomic mass is 10.2. The molecule has 2 N–H and O–H groups in total. The van der Waals surface area contributed by atoms with Gasteiger partial charge in [0.25, 0.3) is 5.56 Å². The highest BCUT2D eigenvalue weighted by atomic mass is 32.1. The van der Waals surface area contributed by atoms with Gasteiger partial charge in [0.1, 0.15) is 21.9 Å². The lowest BCUT2D eigenvalue weighted by molar-refractivity contribution is -0.137. The summed E-state index contributed by atoms with van der Waals surface area (Å²) in [6.45, 7) is 6.82. The zero-order chi connectivity index (χ0) is 29.2. The molecule has 41 heavy (non-hydrogen) atoms. The lowest BCUT2D eigenvalue weighted by Crippen LogP contribution is -2.45. The molecule has 1 fully saturated rings. The molecule has 1 amide bonds. The Hall–Kier alpha value is -4.24. The first-order valence-electron chi connectivity index (χ1n) is 13.5. The Morgan fingerprint density at radius 1 is 1.05 bits per heavy atom. The Bertz CT molecular complexity index is 1570. The van der Waals surface area contributed by atoms with Gasteiger partial charge in [-0.05, 0) is 43.8 Å². The molecule has 1 saturated heterocycles. The van der Waals surface area contributed by atoms with Crippen molar-refractivity contribution in [1.82, 2.24) is 14.4 Å². The van der Waals surface area contributed by atoms with E-state index in [1.165, 1.54) is 4.57 Å². The lowest BCUT2D eigenvalue weighted by Gasteiger charge is -2.32. The third-order valence-electron chi connectivity index (χ3n) is 6.76. The molecule has 0 radical (unpaired) electrons. The minimum absolute atomic E-state index is 0.0276. The average Bonchev–Trinajstić information content (AvgIpc) is 3.30. The number of esters is 1. The van der Waals surface area contributed by atoms with Crippen LogP contribution in [0.25, 0.3) is 11.8 Å². The van der Waals surface area contributed by atoms with Crippen molar-refractivity contribution in [3.8, 4) is 6.07 Å². The molecule has 0 aliphatic carbocycles. The van der Waals surface area contributed by atoms with Crippen LogP contribution in [0.3, 0.4) is 0 Å². The van der Waals surface area contributed by atoms with E-state index in [9.17, 15) is 19.6 Å². The number of nitrogens with one attached hydrogen (secondary N) is 2. The van der Waals surface area contributed by atoms with E-state index >= 15 is 0 Å². The predicted octanol–water partition coefficient (Wildman–Crippen LogP) is 1.77. The van der Waals surface area contributed by atoms with Crippen LogP contribution in [0.1, 0.15) is 18.9 Å². The number of piperazine rings is 1. The fourth-order valence-electron chi connectivity index (χ4n) is 4.32. The van der Waals surface area contributed by atoms with Gasteiger partial charge in [0.05, 0.1) is 0 Å². The summed E-state index contributed by atoms with van der Waals surface area (Å²) in [6.07, 6.45) is 1.99. The maximum atomic E-state index is 13.0. The Morgan fingerprint density at radius 2 is 1.73 bits per heavy atom. The number of likely N-dealkylation sites (N-methyl/N-ethyl adjacent to an activating group) is 1. The zero-order valence-corrected chi connectivity index (χ0v) is 24.1. The Labute approximate surface area is 242 Å². The summed E-state index contributed by atoms with van der Waals surface area (Å²) in [6, 6.07) is 18.3. The van der Waals surface area contributed by atoms with E-state index in [0.29, 0.717) is 28.9 Å². The molecule has 2 heterocycles. The number of amides is 1. The van der Waals surface area contributed by atoms with Crippen LogP contribution in [-0.4, -0.2) is 66.0 Å². The van der Waals surface area contributed by atoms with Crippen LogP contribution >= 0.6 is 11.3 Å². The molecule has 214 valence electrons. The molecule has 1 aromatic heterocycles. The number of carbonyl (C=O) groups excluding carboxylic acids is 2. The summed E-state index contributed by atoms with van der Waals surface area (Å²) in [5, 5.41) is 15.7. The topological polar surface area (TPSA) is 120 Å². The molecule has 1 aliphatic heterocycles. The average molecular weight is 575 g/mol. The zero-order valence-electron chi connectivity index (χ0n) is 23.3. The normalized spacial score (nSPS) is 15.2. The number of thiazole rings is 1. The number of aromatic nitrogens is 1. The molecular formula is C30H34N6O4S. The summed E-state index contributed by atoms with van der Waals surface area (Å²) in [5.41, 5.74) is 1.68. The van der Waals surface area contributed by atoms with Crippen molar-refractivity contribution in [2.75, 3.05) is 50.4 Å². The SMILES string of the molecule is CCn1c(=O)/c(=C\Nc2ccc(NC(=O)CCN3CCN(C)CC3)cc2)s/c1=C(/C#N)C(=O)OCc1ccccc1. The highest BCUT2D eigenvalue weighted by Crippen LogP contribution is 2.14. The molecule has 11 heteroatoms. The number of carbonyl (C=O) groups is 2. The van der Waals surface area contributed by atoms with E-state index in [0.717, 1.165) is 49.6 Å². The largest absolute Gasteiger partial charge is 0.457 e. The highest BCUT2D eigenvalue weighted by molar-refractivity contribution is 7.07. The molecule has 0 unspecified atom stereocenters. The summed E-state index contributed by atoms with van der Waals surface area (Å²) >= 11 is 1.05. The van der Waals surface area contributed by atoms with Crippen molar-refractivity contribution in [3.63, 3.8) is 0 Å². The van der Waals surface area contributed by atoms with E-state index in [4.69, 9.17) is 4.74 Å². The smallest absolute Gasteiger partial charge is 0.352 e. The van der Waals surface area contributed by atoms with Crippen molar-refractivity contribution in [1.29, 1.82) is 5.26 Å². The van der Waals surface area contributed by atoms with E-state index in [1.54, 1.807) is 37.4 Å². The van der Waals surface area contributed by atoms with Gasteiger partial charge in [0.2, 0.25) is 5.91 Å². The van der Waals surface area contributed by atoms with Crippen LogP contribution in [0.4, 0.5) is 11.4 Å². The van der Waals surface area contributed by atoms with Gasteiger partial charge in [0.15, 0.2) is 5.57 Å². The van der Waals surface area contributed by atoms with E-state index in [1.807, 2.05) is 36.4 Å². The van der Waals surface area contributed by atoms with Gasteiger partial charge in [-0.15, -0.1) is 11.3 Å². The second-order valence-corrected chi connectivity index (χ2v) is 10.7. The monoisotopic (exact) mass is 574 g/mol. The number of ether oxygens (including phenoxy) is 1. The fourth-order valence-corrected chi connectivity index (χ4v) is 5.40. The Morgan fingerprint density at radius 3 is 2.39 bits per heavy atom. The number of anilines is 2. The Kier molecular flexibility index (Phi) is 10.5. The van der Waals surface area contributed by atoms with Gasteiger partial charge in [-0.25, -0.2) is 4.79 Å². The summed E-state index contributed by atoms with van der Waals surface area (Å²) < 4.78 is 7.32. The van der Waals surface area contributed by atoms with Crippen LogP contribution in [0.5, 0.6) is 0 Å². The van der Waals surface area contributed by atoms with Crippen molar-refractivity contribution in [2.24, 2.45) is 0 Å². The first-order chi connectivity index (χ1) is 19.9. The molecule has 2 aromatic carbocycles. The van der Waals surface area contributed by atoms with Crippen molar-refractivity contribution in [2.45, 2.75) is 26.5 Å². The Balaban J connectivity index is 1.40. The van der Waals surface area contributed by atoms with E-state index in [2.05, 4.69) is 27.5 Å². The molecule has 1 aliphatic rings. The van der Waals surface area contributed by atoms with Gasteiger partial charge in [-0.3, -0.25) is 14.2 Å². The van der Waals surface area contributed by atoms with Gasteiger partial charge < -0.3 is 25.2 Å². The number of hydrogen-bond acceptors (Lipinski definition) is 9. The highest BCUT2D eigenvalue weighted by Gasteiger charge is 2.17. The van der Waals surface area contributed by atoms with Crippen LogP contribution < -0.4 is 25.4 Å². The fraction of sp³-hybridized carbons (Fsp3) is 0.333. The minimum atomic E-state index is -0.777. The molecule has 0 saturated carbocycles. The quantitative estimate of drug-likeness (QED) is 0.352. The van der Waals surface area contributed by atoms with E-state index in [-0.39, 0.29) is 28.3 Å². The van der Waals surface area contributed by atoms with Gasteiger partial charge in [-0.1, -0.05) is 30.3 Å². The van der Waals surface area contributed by atoms with Crippen LogP contribution in [0, 0.1) is 11.3 Å². The molecule has 0 atom stereocenters.